The summed E-state index contributed by atoms with van der Waals surface area (Å²) in [5.41, 5.74) is 2.69. The quantitative estimate of drug-likeness (QED) is 0.767. The van der Waals surface area contributed by atoms with Crippen LogP contribution in [-0.2, 0) is 11.2 Å². The largest absolute Gasteiger partial charge is 0.378 e. The van der Waals surface area contributed by atoms with Crippen LogP contribution in [0.3, 0.4) is 0 Å². The lowest BCUT2D eigenvalue weighted by atomic mass is 10.1. The molecule has 0 aliphatic carbocycles. The fraction of sp³-hybridized carbons (Fsp3) is 0.429. The predicted octanol–water partition coefficient (Wildman–Crippen LogP) is 3.90. The van der Waals surface area contributed by atoms with Crippen molar-refractivity contribution in [2.75, 3.05) is 36.5 Å². The number of rotatable bonds is 7. The van der Waals surface area contributed by atoms with Gasteiger partial charge in [-0.2, -0.15) is 0 Å². The molecule has 0 saturated carbocycles. The Morgan fingerprint density at radius 2 is 1.88 bits per heavy atom. The minimum absolute atomic E-state index is 0.134. The van der Waals surface area contributed by atoms with Gasteiger partial charge in [0.15, 0.2) is 0 Å². The van der Waals surface area contributed by atoms with Crippen LogP contribution in [0.15, 0.2) is 42.6 Å². The minimum Gasteiger partial charge on any atom is -0.378 e. The first kappa shape index (κ1) is 18.4. The lowest BCUT2D eigenvalue weighted by Crippen LogP contribution is -2.36. The number of carbonyl (C=O) groups excluding carboxylic acids is 1. The maximum atomic E-state index is 12.4. The van der Waals surface area contributed by atoms with E-state index in [0.717, 1.165) is 44.2 Å². The first-order valence-corrected chi connectivity index (χ1v) is 9.45. The molecule has 1 aliphatic heterocycles. The smallest absolute Gasteiger partial charge is 0.257 e. The van der Waals surface area contributed by atoms with Crippen LogP contribution in [0.25, 0.3) is 0 Å². The summed E-state index contributed by atoms with van der Waals surface area (Å²) in [5, 5.41) is 2.94. The number of nitrogens with zero attached hydrogens (tertiary/aromatic N) is 2. The molecule has 1 fully saturated rings. The van der Waals surface area contributed by atoms with E-state index in [4.69, 9.17) is 4.74 Å². The average Bonchev–Trinajstić information content (AvgIpc) is 2.70. The molecule has 5 heteroatoms. The second-order valence-electron chi connectivity index (χ2n) is 6.61. The van der Waals surface area contributed by atoms with Gasteiger partial charge in [0.25, 0.3) is 5.91 Å². The number of hydrogen-bond acceptors (Lipinski definition) is 4. The summed E-state index contributed by atoms with van der Waals surface area (Å²) in [4.78, 5) is 19.0. The zero-order valence-electron chi connectivity index (χ0n) is 15.4. The molecule has 2 heterocycles. The Morgan fingerprint density at radius 3 is 2.54 bits per heavy atom. The number of nitrogens with one attached hydrogen (secondary N) is 1. The van der Waals surface area contributed by atoms with E-state index in [1.54, 1.807) is 6.20 Å². The van der Waals surface area contributed by atoms with Crippen LogP contribution in [0, 0.1) is 0 Å². The lowest BCUT2D eigenvalue weighted by Gasteiger charge is -2.27. The van der Waals surface area contributed by atoms with Crippen molar-refractivity contribution in [3.63, 3.8) is 0 Å². The van der Waals surface area contributed by atoms with Gasteiger partial charge in [-0.15, -0.1) is 0 Å². The van der Waals surface area contributed by atoms with Gasteiger partial charge in [0.1, 0.15) is 5.82 Å². The van der Waals surface area contributed by atoms with E-state index in [-0.39, 0.29) is 5.91 Å². The number of amides is 1. The second-order valence-corrected chi connectivity index (χ2v) is 6.61. The van der Waals surface area contributed by atoms with Crippen molar-refractivity contribution in [1.29, 1.82) is 0 Å². The highest BCUT2D eigenvalue weighted by Gasteiger charge is 2.13. The maximum Gasteiger partial charge on any atom is 0.257 e. The molecule has 0 bridgehead atoms. The van der Waals surface area contributed by atoms with Crippen LogP contribution in [-0.4, -0.2) is 37.2 Å². The molecular weight excluding hydrogens is 326 g/mol. The maximum absolute atomic E-state index is 12.4. The predicted molar refractivity (Wildman–Crippen MR) is 105 cm³/mol. The summed E-state index contributed by atoms with van der Waals surface area (Å²) in [7, 11) is 0. The molecule has 1 aromatic heterocycles. The highest BCUT2D eigenvalue weighted by atomic mass is 16.5. The van der Waals surface area contributed by atoms with E-state index in [0.29, 0.717) is 5.56 Å². The summed E-state index contributed by atoms with van der Waals surface area (Å²) in [6.07, 6.45) is 6.43. The van der Waals surface area contributed by atoms with E-state index < -0.39 is 0 Å². The SMILES string of the molecule is CCCCCc1ccc(NC(=O)c2ccc(N3CCOCC3)nc2)cc1. The van der Waals surface area contributed by atoms with Crippen molar-refractivity contribution in [3.8, 4) is 0 Å². The summed E-state index contributed by atoms with van der Waals surface area (Å²) >= 11 is 0. The highest BCUT2D eigenvalue weighted by molar-refractivity contribution is 6.04. The topological polar surface area (TPSA) is 54.5 Å². The Balaban J connectivity index is 1.55. The minimum atomic E-state index is -0.134. The first-order valence-electron chi connectivity index (χ1n) is 9.45. The van der Waals surface area contributed by atoms with E-state index in [9.17, 15) is 4.79 Å². The van der Waals surface area contributed by atoms with Crippen molar-refractivity contribution in [2.24, 2.45) is 0 Å². The molecule has 2 aromatic rings. The number of aromatic nitrogens is 1. The van der Waals surface area contributed by atoms with Crippen LogP contribution < -0.4 is 10.2 Å². The number of pyridine rings is 1. The van der Waals surface area contributed by atoms with Crippen LogP contribution in [0.4, 0.5) is 11.5 Å². The Morgan fingerprint density at radius 1 is 1.12 bits per heavy atom. The number of carbonyl (C=O) groups is 1. The number of benzene rings is 1. The zero-order valence-corrected chi connectivity index (χ0v) is 15.4. The molecular formula is C21H27N3O2. The average molecular weight is 353 g/mol. The van der Waals surface area contributed by atoms with Crippen LogP contribution >= 0.6 is 0 Å². The Bertz CT molecular complexity index is 692. The molecule has 1 aliphatic rings. The first-order chi connectivity index (χ1) is 12.8. The van der Waals surface area contributed by atoms with Gasteiger partial charge in [0.05, 0.1) is 18.8 Å². The van der Waals surface area contributed by atoms with Gasteiger partial charge in [-0.1, -0.05) is 31.9 Å². The van der Waals surface area contributed by atoms with E-state index in [1.165, 1.54) is 24.8 Å². The number of anilines is 2. The highest BCUT2D eigenvalue weighted by Crippen LogP contribution is 2.16. The normalized spacial score (nSPS) is 14.3. The molecule has 26 heavy (non-hydrogen) atoms. The Labute approximate surface area is 155 Å². The number of ether oxygens (including phenoxy) is 1. The molecule has 1 saturated heterocycles. The molecule has 3 rings (SSSR count). The molecule has 1 N–H and O–H groups in total. The Kier molecular flexibility index (Phi) is 6.61. The summed E-state index contributed by atoms with van der Waals surface area (Å²) in [5.74, 6) is 0.756. The monoisotopic (exact) mass is 353 g/mol. The Hall–Kier alpha value is -2.40. The molecule has 0 radical (unpaired) electrons. The molecule has 0 unspecified atom stereocenters. The number of unbranched alkanes of at least 4 members (excludes halogenated alkanes) is 2. The summed E-state index contributed by atoms with van der Waals surface area (Å²) < 4.78 is 5.35. The lowest BCUT2D eigenvalue weighted by molar-refractivity contribution is 0.102. The van der Waals surface area contributed by atoms with Gasteiger partial charge >= 0.3 is 0 Å². The second kappa shape index (κ2) is 9.34. The van der Waals surface area contributed by atoms with Crippen molar-refractivity contribution in [1.82, 2.24) is 4.98 Å². The van der Waals surface area contributed by atoms with E-state index in [1.807, 2.05) is 24.3 Å². The summed E-state index contributed by atoms with van der Waals surface area (Å²) in [6.45, 7) is 5.32. The van der Waals surface area contributed by atoms with Gasteiger partial charge in [-0.3, -0.25) is 4.79 Å². The van der Waals surface area contributed by atoms with Crippen molar-refractivity contribution >= 4 is 17.4 Å². The van der Waals surface area contributed by atoms with Gasteiger partial charge in [0.2, 0.25) is 0 Å². The molecule has 0 atom stereocenters. The van der Waals surface area contributed by atoms with Crippen molar-refractivity contribution in [3.05, 3.63) is 53.7 Å². The number of morpholine rings is 1. The van der Waals surface area contributed by atoms with Gasteiger partial charge in [-0.05, 0) is 42.7 Å². The molecule has 138 valence electrons. The fourth-order valence-corrected chi connectivity index (χ4v) is 3.04. The van der Waals surface area contributed by atoms with E-state index >= 15 is 0 Å². The molecule has 5 nitrogen and oxygen atoms in total. The summed E-state index contributed by atoms with van der Waals surface area (Å²) in [6, 6.07) is 11.8. The van der Waals surface area contributed by atoms with Crippen LogP contribution in [0.1, 0.15) is 42.1 Å². The van der Waals surface area contributed by atoms with Crippen LogP contribution in [0.2, 0.25) is 0 Å². The van der Waals surface area contributed by atoms with Crippen molar-refractivity contribution in [2.45, 2.75) is 32.6 Å². The third kappa shape index (κ3) is 5.05. The molecule has 0 spiro atoms. The van der Waals surface area contributed by atoms with Gasteiger partial charge in [0, 0.05) is 25.0 Å². The third-order valence-corrected chi connectivity index (χ3v) is 4.63. The van der Waals surface area contributed by atoms with Crippen molar-refractivity contribution < 1.29 is 9.53 Å². The van der Waals surface area contributed by atoms with Gasteiger partial charge in [-0.25, -0.2) is 4.98 Å². The van der Waals surface area contributed by atoms with Crippen LogP contribution in [0.5, 0.6) is 0 Å². The zero-order chi connectivity index (χ0) is 18.2. The van der Waals surface area contributed by atoms with E-state index in [2.05, 4.69) is 34.3 Å². The standard InChI is InChI=1S/C21H27N3O2/c1-2-3-4-5-17-6-9-19(10-7-17)23-21(25)18-8-11-20(22-16-18)24-12-14-26-15-13-24/h6-11,16H,2-5,12-15H2,1H3,(H,23,25). The number of aryl methyl sites for hydroxylation is 1. The van der Waals surface area contributed by atoms with Gasteiger partial charge < -0.3 is 15.0 Å². The third-order valence-electron chi connectivity index (χ3n) is 4.63. The fourth-order valence-electron chi connectivity index (χ4n) is 3.04. The molecule has 1 aromatic carbocycles. The number of hydrogen-bond donors (Lipinski definition) is 1. The molecule has 1 amide bonds.